The zero-order valence-electron chi connectivity index (χ0n) is 8.21. The van der Waals surface area contributed by atoms with Crippen LogP contribution in [0, 0.1) is 0 Å². The minimum Gasteiger partial charge on any atom is -0.395 e. The fourth-order valence-electron chi connectivity index (χ4n) is 1.53. The summed E-state index contributed by atoms with van der Waals surface area (Å²) in [4.78, 5) is 2.46. The molecule has 0 bridgehead atoms. The van der Waals surface area contributed by atoms with E-state index in [-0.39, 0.29) is 6.61 Å². The van der Waals surface area contributed by atoms with E-state index in [1.807, 2.05) is 0 Å². The van der Waals surface area contributed by atoms with Crippen LogP contribution in [0.5, 0.6) is 0 Å². The van der Waals surface area contributed by atoms with Crippen LogP contribution >= 0.6 is 0 Å². The van der Waals surface area contributed by atoms with Gasteiger partial charge in [-0.15, -0.1) is 0 Å². The molecule has 0 unspecified atom stereocenters. The highest BCUT2D eigenvalue weighted by Crippen LogP contribution is 2.00. The summed E-state index contributed by atoms with van der Waals surface area (Å²) >= 11 is 0. The third-order valence-electron chi connectivity index (χ3n) is 2.28. The molecule has 0 aliphatic carbocycles. The van der Waals surface area contributed by atoms with Crippen LogP contribution in [-0.2, 0) is 0 Å². The molecule has 1 rings (SSSR count). The maximum absolute atomic E-state index is 8.56. The number of aliphatic hydroxyl groups is 1. The lowest BCUT2D eigenvalue weighted by Crippen LogP contribution is -2.33. The molecule has 3 nitrogen and oxygen atoms in total. The fourth-order valence-corrected chi connectivity index (χ4v) is 1.53. The van der Waals surface area contributed by atoms with Crippen LogP contribution in [0.3, 0.4) is 0 Å². The molecule has 2 N–H and O–H groups in total. The Bertz CT molecular complexity index is 138. The van der Waals surface area contributed by atoms with Gasteiger partial charge in [0.25, 0.3) is 0 Å². The summed E-state index contributed by atoms with van der Waals surface area (Å²) in [5.41, 5.74) is 0. The predicted molar refractivity (Wildman–Crippen MR) is 54.8 cm³/mol. The van der Waals surface area contributed by atoms with E-state index >= 15 is 0 Å². The smallest absolute Gasteiger partial charge is 0.0555 e. The zero-order valence-corrected chi connectivity index (χ0v) is 8.21. The van der Waals surface area contributed by atoms with Crippen molar-refractivity contribution in [2.45, 2.75) is 12.8 Å². The number of aliphatic hydroxyl groups excluding tert-OH is 1. The average Bonchev–Trinajstić information content (AvgIpc) is 2.41. The molecule has 0 spiro atoms. The molecule has 0 fully saturated rings. The van der Waals surface area contributed by atoms with E-state index in [9.17, 15) is 0 Å². The summed E-state index contributed by atoms with van der Waals surface area (Å²) < 4.78 is 0. The largest absolute Gasteiger partial charge is 0.395 e. The summed E-state index contributed by atoms with van der Waals surface area (Å²) in [7, 11) is 0. The average molecular weight is 184 g/mol. The van der Waals surface area contributed by atoms with Crippen LogP contribution in [0.2, 0.25) is 0 Å². The lowest BCUT2D eigenvalue weighted by molar-refractivity contribution is 0.268. The summed E-state index contributed by atoms with van der Waals surface area (Å²) in [6.45, 7) is 5.39. The number of rotatable bonds is 5. The maximum atomic E-state index is 8.56. The molecule has 1 aliphatic rings. The van der Waals surface area contributed by atoms with Gasteiger partial charge in [-0.2, -0.15) is 0 Å². The Morgan fingerprint density at radius 1 is 1.15 bits per heavy atom. The van der Waals surface area contributed by atoms with Crippen molar-refractivity contribution in [3.8, 4) is 0 Å². The van der Waals surface area contributed by atoms with Crippen molar-refractivity contribution in [3.05, 3.63) is 12.2 Å². The molecule has 13 heavy (non-hydrogen) atoms. The quantitative estimate of drug-likeness (QED) is 0.474. The van der Waals surface area contributed by atoms with Crippen LogP contribution in [0.1, 0.15) is 12.8 Å². The summed E-state index contributed by atoms with van der Waals surface area (Å²) in [5, 5.41) is 11.8. The molecule has 0 amide bonds. The molecule has 0 saturated heterocycles. The first-order valence-electron chi connectivity index (χ1n) is 5.12. The Labute approximate surface area is 80.4 Å². The van der Waals surface area contributed by atoms with Gasteiger partial charge < -0.3 is 15.3 Å². The maximum Gasteiger partial charge on any atom is 0.0555 e. The lowest BCUT2D eigenvalue weighted by Gasteiger charge is -2.19. The standard InChI is InChI=1S/C10H20N2O/c13-10-6-11-5-9-12-7-3-1-2-4-8-12/h1-2,11,13H,3-10H2. The molecule has 0 saturated carbocycles. The third kappa shape index (κ3) is 5.03. The van der Waals surface area contributed by atoms with E-state index in [4.69, 9.17) is 5.11 Å². The highest BCUT2D eigenvalue weighted by Gasteiger charge is 2.04. The second kappa shape index (κ2) is 7.06. The molecular weight excluding hydrogens is 164 g/mol. The Kier molecular flexibility index (Phi) is 5.81. The monoisotopic (exact) mass is 184 g/mol. The van der Waals surface area contributed by atoms with Crippen LogP contribution in [-0.4, -0.2) is 49.3 Å². The Morgan fingerprint density at radius 3 is 2.46 bits per heavy atom. The van der Waals surface area contributed by atoms with Gasteiger partial charge in [0.1, 0.15) is 0 Å². The predicted octanol–water partition coefficient (Wildman–Crippen LogP) is 0.220. The SMILES string of the molecule is OCCNCCN1CCC=CCC1. The van der Waals surface area contributed by atoms with E-state index in [1.165, 1.54) is 25.9 Å². The minimum absolute atomic E-state index is 0.238. The van der Waals surface area contributed by atoms with Crippen LogP contribution < -0.4 is 5.32 Å². The number of nitrogens with one attached hydrogen (secondary N) is 1. The van der Waals surface area contributed by atoms with Crippen LogP contribution in [0.25, 0.3) is 0 Å². The summed E-state index contributed by atoms with van der Waals surface area (Å²) in [6, 6.07) is 0. The van der Waals surface area contributed by atoms with Gasteiger partial charge in [-0.05, 0) is 12.8 Å². The first-order valence-corrected chi connectivity index (χ1v) is 5.12. The molecule has 0 radical (unpaired) electrons. The first kappa shape index (κ1) is 10.7. The minimum atomic E-state index is 0.238. The molecule has 0 aromatic rings. The van der Waals surface area contributed by atoms with Gasteiger partial charge >= 0.3 is 0 Å². The third-order valence-corrected chi connectivity index (χ3v) is 2.28. The van der Waals surface area contributed by atoms with Crippen molar-refractivity contribution in [2.24, 2.45) is 0 Å². The van der Waals surface area contributed by atoms with E-state index in [1.54, 1.807) is 0 Å². The van der Waals surface area contributed by atoms with Gasteiger partial charge in [0.2, 0.25) is 0 Å². The highest BCUT2D eigenvalue weighted by molar-refractivity contribution is 4.87. The topological polar surface area (TPSA) is 35.5 Å². The second-order valence-corrected chi connectivity index (χ2v) is 3.36. The van der Waals surface area contributed by atoms with E-state index in [2.05, 4.69) is 22.4 Å². The van der Waals surface area contributed by atoms with Gasteiger partial charge in [0.05, 0.1) is 6.61 Å². The number of nitrogens with zero attached hydrogens (tertiary/aromatic N) is 1. The Balaban J connectivity index is 2.00. The zero-order chi connectivity index (χ0) is 9.36. The van der Waals surface area contributed by atoms with Crippen molar-refractivity contribution in [1.29, 1.82) is 0 Å². The van der Waals surface area contributed by atoms with Crippen molar-refractivity contribution < 1.29 is 5.11 Å². The van der Waals surface area contributed by atoms with Crippen LogP contribution in [0.4, 0.5) is 0 Å². The number of hydrogen-bond acceptors (Lipinski definition) is 3. The van der Waals surface area contributed by atoms with E-state index in [0.29, 0.717) is 6.54 Å². The lowest BCUT2D eigenvalue weighted by atomic mass is 10.4. The highest BCUT2D eigenvalue weighted by atomic mass is 16.3. The Morgan fingerprint density at radius 2 is 1.85 bits per heavy atom. The fraction of sp³-hybridized carbons (Fsp3) is 0.800. The van der Waals surface area contributed by atoms with Gasteiger partial charge in [0, 0.05) is 32.7 Å². The van der Waals surface area contributed by atoms with Crippen molar-refractivity contribution in [2.75, 3.05) is 39.3 Å². The normalized spacial score (nSPS) is 18.8. The van der Waals surface area contributed by atoms with E-state index in [0.717, 1.165) is 13.1 Å². The molecule has 1 heterocycles. The van der Waals surface area contributed by atoms with Crippen molar-refractivity contribution >= 4 is 0 Å². The molecule has 3 heteroatoms. The molecular formula is C10H20N2O. The summed E-state index contributed by atoms with van der Waals surface area (Å²) in [5.74, 6) is 0. The molecule has 0 aromatic carbocycles. The Hall–Kier alpha value is -0.380. The first-order chi connectivity index (χ1) is 6.43. The van der Waals surface area contributed by atoms with Gasteiger partial charge in [-0.25, -0.2) is 0 Å². The van der Waals surface area contributed by atoms with Crippen molar-refractivity contribution in [1.82, 2.24) is 10.2 Å². The molecule has 0 atom stereocenters. The van der Waals surface area contributed by atoms with E-state index < -0.39 is 0 Å². The number of hydrogen-bond donors (Lipinski definition) is 2. The molecule has 76 valence electrons. The van der Waals surface area contributed by atoms with Gasteiger partial charge in [-0.3, -0.25) is 0 Å². The van der Waals surface area contributed by atoms with Gasteiger partial charge in [-0.1, -0.05) is 12.2 Å². The van der Waals surface area contributed by atoms with Gasteiger partial charge in [0.15, 0.2) is 0 Å². The molecule has 1 aliphatic heterocycles. The summed E-state index contributed by atoms with van der Waals surface area (Å²) in [6.07, 6.45) is 6.89. The second-order valence-electron chi connectivity index (χ2n) is 3.36. The molecule has 0 aromatic heterocycles. The van der Waals surface area contributed by atoms with Crippen molar-refractivity contribution in [3.63, 3.8) is 0 Å². The van der Waals surface area contributed by atoms with Crippen LogP contribution in [0.15, 0.2) is 12.2 Å².